The Morgan fingerprint density at radius 1 is 0.560 bits per heavy atom. The van der Waals surface area contributed by atoms with Crippen molar-refractivity contribution in [3.05, 3.63) is 119 Å². The van der Waals surface area contributed by atoms with Crippen LogP contribution in [0.4, 0.5) is 51.6 Å². The fraction of sp³-hybridized carbons (Fsp3) is 0.351. The molecule has 0 bridgehead atoms. The normalized spacial score (nSPS) is 12.5. The summed E-state index contributed by atoms with van der Waals surface area (Å²) in [4.78, 5) is 54.9. The van der Waals surface area contributed by atoms with Gasteiger partial charge in [-0.05, 0) is 93.3 Å². The number of hydrogen-bond donors (Lipinski definition) is 4. The number of carbonyl (C=O) groups excluding carboxylic acids is 3. The van der Waals surface area contributed by atoms with Crippen LogP contribution < -0.4 is 31.2 Å². The lowest BCUT2D eigenvalue weighted by molar-refractivity contribution is -0.152. The van der Waals surface area contributed by atoms with E-state index in [1.54, 1.807) is 48.5 Å². The highest BCUT2D eigenvalue weighted by atomic mass is 32.2. The Kier molecular flexibility index (Phi) is 21.8. The number of sulfone groups is 2. The summed E-state index contributed by atoms with van der Waals surface area (Å²) >= 11 is 0. The van der Waals surface area contributed by atoms with Gasteiger partial charge in [0.2, 0.25) is 0 Å². The minimum absolute atomic E-state index is 0.0239. The molecule has 0 fully saturated rings. The zero-order chi connectivity index (χ0) is 67.0. The van der Waals surface area contributed by atoms with Gasteiger partial charge in [-0.25, -0.2) is 70.9 Å². The van der Waals surface area contributed by atoms with E-state index in [4.69, 9.17) is 29.4 Å². The molecule has 0 saturated carbocycles. The summed E-state index contributed by atoms with van der Waals surface area (Å²) in [5.74, 6) is -11.7. The molecule has 0 aliphatic carbocycles. The van der Waals surface area contributed by atoms with Crippen molar-refractivity contribution in [1.29, 1.82) is 0 Å². The SMILES string of the molecule is CC(C)[C@@H](N)C(=O)OCn1nc(-c2cc(F)ccc2F)c2c(NCCS(C)(=O)=O)nc(Oc3ccc(F)cc3F)nc21.CC(C)[C@@H](NC(=O)OC(C)(C)C)C(=O)OCn1nc(-c2cc(F)ccc2F)c2c(NCCS(C)(=O)=O)nc(Oc3ccc(F)cc3F)nc21. The Hall–Kier alpha value is -9.31. The smallest absolute Gasteiger partial charge is 0.408 e. The number of nitrogens with one attached hydrogen (secondary N) is 3. The quantitative estimate of drug-likeness (QED) is 0.0263. The van der Waals surface area contributed by atoms with E-state index in [0.717, 1.165) is 82.5 Å². The molecule has 488 valence electrons. The van der Waals surface area contributed by atoms with E-state index in [2.05, 4.69) is 46.1 Å². The molecular weight excluding hydrogens is 1260 g/mol. The van der Waals surface area contributed by atoms with Gasteiger partial charge in [-0.2, -0.15) is 30.1 Å². The van der Waals surface area contributed by atoms with E-state index in [1.165, 1.54) is 0 Å². The van der Waals surface area contributed by atoms with Crippen LogP contribution in [0.1, 0.15) is 48.5 Å². The first-order chi connectivity index (χ1) is 42.5. The average Bonchev–Trinajstić information content (AvgIpc) is 1.64. The van der Waals surface area contributed by atoms with Gasteiger partial charge in [-0.1, -0.05) is 27.7 Å². The lowest BCUT2D eigenvalue weighted by Crippen LogP contribution is -2.47. The number of fused-ring (bicyclic) bond motifs is 2. The van der Waals surface area contributed by atoms with Crippen molar-refractivity contribution >= 4 is 71.4 Å². The predicted molar refractivity (Wildman–Crippen MR) is 314 cm³/mol. The number of alkyl carbamates (subject to hydrolysis) is 1. The van der Waals surface area contributed by atoms with Gasteiger partial charge >= 0.3 is 30.1 Å². The van der Waals surface area contributed by atoms with Crippen LogP contribution in [-0.2, 0) is 56.9 Å². The van der Waals surface area contributed by atoms with Crippen LogP contribution in [0.15, 0.2) is 72.8 Å². The van der Waals surface area contributed by atoms with Gasteiger partial charge in [0.1, 0.15) is 95.3 Å². The van der Waals surface area contributed by atoms with Crippen LogP contribution in [-0.4, -0.2) is 129 Å². The number of nitrogens with two attached hydrogens (primary N) is 1. The van der Waals surface area contributed by atoms with E-state index in [1.807, 2.05) is 0 Å². The average molecular weight is 1320 g/mol. The molecule has 8 rings (SSSR count). The van der Waals surface area contributed by atoms with Gasteiger partial charge in [0, 0.05) is 48.9 Å². The van der Waals surface area contributed by atoms with Crippen LogP contribution in [0.5, 0.6) is 23.5 Å². The van der Waals surface area contributed by atoms with Gasteiger partial charge < -0.3 is 45.4 Å². The Morgan fingerprint density at radius 2 is 0.956 bits per heavy atom. The van der Waals surface area contributed by atoms with Crippen LogP contribution in [0.3, 0.4) is 0 Å². The van der Waals surface area contributed by atoms with E-state index in [-0.39, 0.29) is 86.7 Å². The van der Waals surface area contributed by atoms with Crippen molar-refractivity contribution < 1.29 is 90.0 Å². The largest absolute Gasteiger partial charge is 0.444 e. The van der Waals surface area contributed by atoms with Crippen LogP contribution in [0, 0.1) is 58.4 Å². The van der Waals surface area contributed by atoms with Crippen molar-refractivity contribution in [2.24, 2.45) is 17.6 Å². The Labute approximate surface area is 514 Å². The molecule has 0 unspecified atom stereocenters. The number of rotatable bonds is 23. The summed E-state index contributed by atoms with van der Waals surface area (Å²) in [6, 6.07) is 7.01. The van der Waals surface area contributed by atoms with E-state index >= 15 is 4.39 Å². The van der Waals surface area contributed by atoms with Crippen molar-refractivity contribution in [2.45, 2.75) is 79.6 Å². The molecule has 8 aromatic rings. The molecule has 24 nitrogen and oxygen atoms in total. The Morgan fingerprint density at radius 3 is 1.33 bits per heavy atom. The first-order valence-electron chi connectivity index (χ1n) is 27.2. The third-order valence-electron chi connectivity index (χ3n) is 12.5. The second-order valence-corrected chi connectivity index (χ2v) is 26.4. The van der Waals surface area contributed by atoms with Crippen molar-refractivity contribution in [1.82, 2.24) is 44.8 Å². The number of aromatic nitrogens is 8. The first kappa shape index (κ1) is 69.2. The van der Waals surface area contributed by atoms with Crippen molar-refractivity contribution in [3.63, 3.8) is 0 Å². The fourth-order valence-electron chi connectivity index (χ4n) is 8.03. The van der Waals surface area contributed by atoms with Gasteiger partial charge in [0.15, 0.2) is 47.9 Å². The number of nitrogens with zero attached hydrogens (tertiary/aromatic N) is 8. The van der Waals surface area contributed by atoms with E-state index in [9.17, 15) is 62.0 Å². The van der Waals surface area contributed by atoms with Crippen LogP contribution >= 0.6 is 0 Å². The maximum atomic E-state index is 15.1. The highest BCUT2D eigenvalue weighted by molar-refractivity contribution is 7.90. The third kappa shape index (κ3) is 18.6. The molecule has 4 aromatic heterocycles. The summed E-state index contributed by atoms with van der Waals surface area (Å²) < 4.78 is 191. The molecular formula is C57H60F8N12O12S2. The lowest BCUT2D eigenvalue weighted by Gasteiger charge is -2.24. The number of carbonyl (C=O) groups is 3. The molecule has 34 heteroatoms. The molecule has 1 amide bonds. The van der Waals surface area contributed by atoms with Crippen LogP contribution in [0.25, 0.3) is 44.6 Å². The van der Waals surface area contributed by atoms with Gasteiger partial charge in [0.05, 0.1) is 22.3 Å². The molecule has 2 atom stereocenters. The minimum Gasteiger partial charge on any atom is -0.444 e. The summed E-state index contributed by atoms with van der Waals surface area (Å²) in [7, 11) is -6.93. The zero-order valence-corrected chi connectivity index (χ0v) is 51.5. The molecule has 91 heavy (non-hydrogen) atoms. The number of ether oxygens (including phenoxy) is 5. The van der Waals surface area contributed by atoms with Gasteiger partial charge in [-0.3, -0.25) is 4.79 Å². The number of esters is 2. The predicted octanol–water partition coefficient (Wildman–Crippen LogP) is 9.13. The second-order valence-electron chi connectivity index (χ2n) is 21.8. The number of hydrogen-bond acceptors (Lipinski definition) is 21. The fourth-order valence-corrected chi connectivity index (χ4v) is 8.97. The summed E-state index contributed by atoms with van der Waals surface area (Å²) in [5, 5.41) is 16.5. The summed E-state index contributed by atoms with van der Waals surface area (Å²) in [6.45, 7) is 9.95. The molecule has 0 spiro atoms. The van der Waals surface area contributed by atoms with Crippen LogP contribution in [0.2, 0.25) is 0 Å². The first-order valence-corrected chi connectivity index (χ1v) is 31.3. The van der Waals surface area contributed by atoms with Crippen molar-refractivity contribution in [2.75, 3.05) is 47.7 Å². The van der Waals surface area contributed by atoms with Gasteiger partial charge in [-0.15, -0.1) is 0 Å². The molecule has 4 aromatic carbocycles. The number of anilines is 2. The monoisotopic (exact) mass is 1320 g/mol. The minimum atomic E-state index is -3.49. The highest BCUT2D eigenvalue weighted by Gasteiger charge is 2.31. The Balaban J connectivity index is 0.000000261. The van der Waals surface area contributed by atoms with Crippen molar-refractivity contribution in [3.8, 4) is 46.0 Å². The topological polar surface area (TPSA) is 315 Å². The van der Waals surface area contributed by atoms with Gasteiger partial charge in [0.25, 0.3) is 0 Å². The zero-order valence-electron chi connectivity index (χ0n) is 49.9. The maximum absolute atomic E-state index is 15.1. The number of halogens is 8. The standard InChI is InChI=1S/C31H34F4N6O7S.C26H26F4N6O5S/c1-16(2)24(37-30(43)48-31(3,4)5)28(42)46-15-41-27-23(25(40-41)19-13-17(32)7-9-20(19)34)26(36-11-12-49(6,44)45)38-29(39-27)47-22-10-8-18(33)14-21(22)35;1-13(2)21(31)25(37)40-12-36-24-20(22(35-36)16-10-14(27)4-6-17(16)29)23(32-8-9-42(3,38)39)33-26(34-24)41-19-7-5-15(28)11-18(19)30/h7-10,13-14,16,24H,11-12,15H2,1-6H3,(H,37,43)(H,36,38,39);4-7,10-11,13,21H,8-9,12,31H2,1-3H3,(H,32,33,34)/t24-;21-/m11/s1. The Bertz CT molecular complexity index is 4270. The van der Waals surface area contributed by atoms with E-state index < -0.39 is 145 Å². The maximum Gasteiger partial charge on any atom is 0.408 e. The molecule has 0 aliphatic heterocycles. The third-order valence-corrected chi connectivity index (χ3v) is 14.4. The number of amides is 1. The lowest BCUT2D eigenvalue weighted by atomic mass is 10.1. The second kappa shape index (κ2) is 28.7. The molecule has 0 aliphatic rings. The molecule has 4 heterocycles. The molecule has 0 radical (unpaired) electrons. The summed E-state index contributed by atoms with van der Waals surface area (Å²) in [6.07, 6.45) is 1.14. The highest BCUT2D eigenvalue weighted by Crippen LogP contribution is 2.38. The molecule has 5 N–H and O–H groups in total. The summed E-state index contributed by atoms with van der Waals surface area (Å²) in [5.41, 5.74) is 3.57. The number of benzene rings is 4. The van der Waals surface area contributed by atoms with E-state index in [0.29, 0.717) is 12.1 Å². The molecule has 0 saturated heterocycles.